The van der Waals surface area contributed by atoms with E-state index in [0.29, 0.717) is 18.1 Å². The highest BCUT2D eigenvalue weighted by Gasteiger charge is 2.28. The van der Waals surface area contributed by atoms with E-state index < -0.39 is 0 Å². The van der Waals surface area contributed by atoms with Crippen LogP contribution in [-0.2, 0) is 11.2 Å². The third-order valence-electron chi connectivity index (χ3n) is 5.38. The molecule has 3 amide bonds. The smallest absolute Gasteiger partial charge is 0.322 e. The molecule has 0 bridgehead atoms. The monoisotopic (exact) mass is 398 g/mol. The molecule has 4 rings (SSSR count). The van der Waals surface area contributed by atoms with Gasteiger partial charge in [-0.1, -0.05) is 17.7 Å². The van der Waals surface area contributed by atoms with Gasteiger partial charge in [0.05, 0.1) is 6.04 Å². The number of halogens is 1. The molecular formula is C21H23ClN4O2. The van der Waals surface area contributed by atoms with Gasteiger partial charge in [-0.25, -0.2) is 9.78 Å². The van der Waals surface area contributed by atoms with Crippen molar-refractivity contribution >= 4 is 34.9 Å². The molecule has 2 aliphatic heterocycles. The first-order valence-electron chi connectivity index (χ1n) is 9.72. The van der Waals surface area contributed by atoms with Gasteiger partial charge >= 0.3 is 6.03 Å². The van der Waals surface area contributed by atoms with Gasteiger partial charge in [0.25, 0.3) is 0 Å². The molecule has 2 aromatic rings. The van der Waals surface area contributed by atoms with Crippen LogP contribution in [-0.4, -0.2) is 28.4 Å². The van der Waals surface area contributed by atoms with Crippen molar-refractivity contribution in [1.29, 1.82) is 0 Å². The Morgan fingerprint density at radius 1 is 1.18 bits per heavy atom. The molecule has 1 aromatic carbocycles. The van der Waals surface area contributed by atoms with Crippen LogP contribution in [0, 0.1) is 0 Å². The molecule has 28 heavy (non-hydrogen) atoms. The maximum absolute atomic E-state index is 13.0. The van der Waals surface area contributed by atoms with Gasteiger partial charge in [-0.2, -0.15) is 0 Å². The van der Waals surface area contributed by atoms with Crippen molar-refractivity contribution in [2.24, 2.45) is 0 Å². The molecule has 146 valence electrons. The van der Waals surface area contributed by atoms with E-state index in [2.05, 4.69) is 15.6 Å². The SMILES string of the molecule is O=C1CCCc2cc(NC(=O)N3CCCCC3c3ccc(Cl)nc3)ccc2N1. The van der Waals surface area contributed by atoms with Gasteiger partial charge in [0, 0.05) is 30.5 Å². The number of likely N-dealkylation sites (tertiary alicyclic amines) is 1. The minimum Gasteiger partial charge on any atom is -0.326 e. The van der Waals surface area contributed by atoms with Gasteiger partial charge in [-0.15, -0.1) is 0 Å². The maximum atomic E-state index is 13.0. The third-order valence-corrected chi connectivity index (χ3v) is 5.60. The van der Waals surface area contributed by atoms with Crippen molar-refractivity contribution in [3.05, 3.63) is 52.8 Å². The number of hydrogen-bond acceptors (Lipinski definition) is 3. The van der Waals surface area contributed by atoms with Gasteiger partial charge in [-0.3, -0.25) is 4.79 Å². The van der Waals surface area contributed by atoms with Crippen molar-refractivity contribution < 1.29 is 9.59 Å². The summed E-state index contributed by atoms with van der Waals surface area (Å²) >= 11 is 5.91. The van der Waals surface area contributed by atoms with Crippen molar-refractivity contribution in [3.8, 4) is 0 Å². The number of benzene rings is 1. The molecule has 1 saturated heterocycles. The number of amides is 3. The molecule has 6 nitrogen and oxygen atoms in total. The largest absolute Gasteiger partial charge is 0.326 e. The Morgan fingerprint density at radius 3 is 2.89 bits per heavy atom. The molecule has 7 heteroatoms. The Hall–Kier alpha value is -2.60. The van der Waals surface area contributed by atoms with Crippen molar-refractivity contribution in [2.45, 2.75) is 44.6 Å². The fraction of sp³-hybridized carbons (Fsp3) is 0.381. The summed E-state index contributed by atoms with van der Waals surface area (Å²) in [5, 5.41) is 6.40. The molecular weight excluding hydrogens is 376 g/mol. The van der Waals surface area contributed by atoms with E-state index in [4.69, 9.17) is 11.6 Å². The van der Waals surface area contributed by atoms with Crippen LogP contribution in [0.1, 0.15) is 49.3 Å². The van der Waals surface area contributed by atoms with Crippen molar-refractivity contribution in [1.82, 2.24) is 9.88 Å². The van der Waals surface area contributed by atoms with Gasteiger partial charge in [0.15, 0.2) is 0 Å². The molecule has 1 fully saturated rings. The minimum absolute atomic E-state index is 0.00127. The first kappa shape index (κ1) is 18.7. The first-order chi connectivity index (χ1) is 13.6. The van der Waals surface area contributed by atoms with Crippen LogP contribution in [0.15, 0.2) is 36.5 Å². The van der Waals surface area contributed by atoms with E-state index in [-0.39, 0.29) is 18.0 Å². The lowest BCUT2D eigenvalue weighted by Gasteiger charge is -2.36. The van der Waals surface area contributed by atoms with E-state index in [0.717, 1.165) is 54.6 Å². The standard InChI is InChI=1S/C21H23ClN4O2/c22-19-10-7-15(13-23-19)18-5-1-2-11-26(18)21(28)24-16-8-9-17-14(12-16)4-3-6-20(27)25-17/h7-10,12-13,18H,1-6,11H2,(H,24,28)(H,25,27). The second kappa shape index (κ2) is 8.19. The second-order valence-corrected chi connectivity index (χ2v) is 7.71. The predicted molar refractivity (Wildman–Crippen MR) is 110 cm³/mol. The zero-order valence-corrected chi connectivity index (χ0v) is 16.3. The van der Waals surface area contributed by atoms with Crippen LogP contribution in [0.3, 0.4) is 0 Å². The molecule has 3 heterocycles. The Labute approximate surface area is 169 Å². The van der Waals surface area contributed by atoms with Crippen LogP contribution in [0.4, 0.5) is 16.2 Å². The number of aryl methyl sites for hydroxylation is 1. The molecule has 0 aliphatic carbocycles. The molecule has 1 aromatic heterocycles. The Bertz CT molecular complexity index is 884. The van der Waals surface area contributed by atoms with E-state index in [1.807, 2.05) is 29.2 Å². The Kier molecular flexibility index (Phi) is 5.48. The van der Waals surface area contributed by atoms with E-state index in [9.17, 15) is 9.59 Å². The summed E-state index contributed by atoms with van der Waals surface area (Å²) in [7, 11) is 0. The fourth-order valence-electron chi connectivity index (χ4n) is 3.95. The summed E-state index contributed by atoms with van der Waals surface area (Å²) in [5.74, 6) is 0.0447. The number of rotatable bonds is 2. The number of piperidine rings is 1. The quantitative estimate of drug-likeness (QED) is 0.715. The van der Waals surface area contributed by atoms with Crippen LogP contribution in [0.2, 0.25) is 5.15 Å². The van der Waals surface area contributed by atoms with Crippen LogP contribution in [0.5, 0.6) is 0 Å². The summed E-state index contributed by atoms with van der Waals surface area (Å²) in [5.41, 5.74) is 3.65. The number of nitrogens with one attached hydrogen (secondary N) is 2. The fourth-order valence-corrected chi connectivity index (χ4v) is 4.06. The number of urea groups is 1. The highest BCUT2D eigenvalue weighted by Crippen LogP contribution is 2.32. The zero-order chi connectivity index (χ0) is 19.5. The number of anilines is 2. The van der Waals surface area contributed by atoms with Gasteiger partial charge in [-0.05, 0) is 67.5 Å². The van der Waals surface area contributed by atoms with Gasteiger partial charge in [0.2, 0.25) is 5.91 Å². The molecule has 0 saturated carbocycles. The molecule has 0 spiro atoms. The molecule has 2 N–H and O–H groups in total. The van der Waals surface area contributed by atoms with Crippen LogP contribution in [0.25, 0.3) is 0 Å². The average Bonchev–Trinajstić information content (AvgIpc) is 2.89. The summed E-state index contributed by atoms with van der Waals surface area (Å²) in [4.78, 5) is 30.8. The topological polar surface area (TPSA) is 74.3 Å². The van der Waals surface area contributed by atoms with Crippen molar-refractivity contribution in [3.63, 3.8) is 0 Å². The lowest BCUT2D eigenvalue weighted by atomic mass is 9.97. The first-order valence-corrected chi connectivity index (χ1v) is 10.1. The Morgan fingerprint density at radius 2 is 2.07 bits per heavy atom. The van der Waals surface area contributed by atoms with Gasteiger partial charge in [0.1, 0.15) is 5.15 Å². The van der Waals surface area contributed by atoms with E-state index >= 15 is 0 Å². The summed E-state index contributed by atoms with van der Waals surface area (Å²) in [6.07, 6.45) is 6.89. The number of nitrogens with zero attached hydrogens (tertiary/aromatic N) is 2. The highest BCUT2D eigenvalue weighted by molar-refractivity contribution is 6.29. The zero-order valence-electron chi connectivity index (χ0n) is 15.6. The number of pyridine rings is 1. The predicted octanol–water partition coefficient (Wildman–Crippen LogP) is 4.77. The normalized spacial score (nSPS) is 19.4. The number of aromatic nitrogens is 1. The highest BCUT2D eigenvalue weighted by atomic mass is 35.5. The molecule has 2 aliphatic rings. The summed E-state index contributed by atoms with van der Waals surface area (Å²) in [6, 6.07) is 9.26. The van der Waals surface area contributed by atoms with Crippen molar-refractivity contribution in [2.75, 3.05) is 17.2 Å². The van der Waals surface area contributed by atoms with Crippen LogP contribution >= 0.6 is 11.6 Å². The number of carbonyl (C=O) groups excluding carboxylic acids is 2. The van der Waals surface area contributed by atoms with Gasteiger partial charge < -0.3 is 15.5 Å². The third kappa shape index (κ3) is 4.12. The summed E-state index contributed by atoms with van der Waals surface area (Å²) < 4.78 is 0. The number of hydrogen-bond donors (Lipinski definition) is 2. The molecule has 1 atom stereocenters. The minimum atomic E-state index is -0.114. The number of fused-ring (bicyclic) bond motifs is 1. The molecule has 0 radical (unpaired) electrons. The molecule has 1 unspecified atom stereocenters. The average molecular weight is 399 g/mol. The number of carbonyl (C=O) groups is 2. The van der Waals surface area contributed by atoms with Crippen LogP contribution < -0.4 is 10.6 Å². The lowest BCUT2D eigenvalue weighted by Crippen LogP contribution is -2.41. The van der Waals surface area contributed by atoms with E-state index in [1.165, 1.54) is 0 Å². The summed E-state index contributed by atoms with van der Waals surface area (Å²) in [6.45, 7) is 0.708. The lowest BCUT2D eigenvalue weighted by molar-refractivity contribution is -0.116. The second-order valence-electron chi connectivity index (χ2n) is 7.32. The maximum Gasteiger partial charge on any atom is 0.322 e. The van der Waals surface area contributed by atoms with E-state index in [1.54, 1.807) is 12.3 Å². The Balaban J connectivity index is 1.51.